The van der Waals surface area contributed by atoms with Crippen LogP contribution in [0.25, 0.3) is 0 Å². The Morgan fingerprint density at radius 3 is 2.77 bits per heavy atom. The highest BCUT2D eigenvalue weighted by Crippen LogP contribution is 2.30. The van der Waals surface area contributed by atoms with Crippen LogP contribution >= 0.6 is 11.3 Å². The summed E-state index contributed by atoms with van der Waals surface area (Å²) in [6.07, 6.45) is 0. The number of amides is 1. The smallest absolute Gasteiger partial charge is 0.263 e. The Kier molecular flexibility index (Phi) is 5.38. The quantitative estimate of drug-likeness (QED) is 0.886. The van der Waals surface area contributed by atoms with Crippen LogP contribution in [0.5, 0.6) is 11.5 Å². The minimum Gasteiger partial charge on any atom is -0.493 e. The number of rotatable bonds is 6. The number of methoxy groups -OCH3 is 1. The van der Waals surface area contributed by atoms with Gasteiger partial charge in [0.05, 0.1) is 31.0 Å². The predicted octanol–water partition coefficient (Wildman–Crippen LogP) is 3.35. The highest BCUT2D eigenvalue weighted by atomic mass is 32.1. The zero-order valence-electron chi connectivity index (χ0n) is 13.2. The van der Waals surface area contributed by atoms with Crippen molar-refractivity contribution in [3.8, 4) is 11.5 Å². The number of nitrogens with zero attached hydrogens (tertiary/aromatic N) is 1. The number of carbonyl (C=O) groups excluding carboxylic acids is 1. The average Bonchev–Trinajstić information content (AvgIpc) is 2.94. The zero-order chi connectivity index (χ0) is 16.1. The van der Waals surface area contributed by atoms with E-state index in [-0.39, 0.29) is 11.9 Å². The Bertz CT molecular complexity index is 655. The van der Waals surface area contributed by atoms with Gasteiger partial charge in [0.2, 0.25) is 0 Å². The number of aromatic nitrogens is 1. The van der Waals surface area contributed by atoms with Gasteiger partial charge in [-0.1, -0.05) is 6.07 Å². The van der Waals surface area contributed by atoms with Crippen LogP contribution in [0.3, 0.4) is 0 Å². The van der Waals surface area contributed by atoms with E-state index in [1.807, 2.05) is 39.0 Å². The van der Waals surface area contributed by atoms with Crippen LogP contribution in [-0.4, -0.2) is 24.6 Å². The van der Waals surface area contributed by atoms with E-state index in [1.54, 1.807) is 12.6 Å². The number of aryl methyl sites for hydroxylation is 1. The minimum atomic E-state index is -0.140. The summed E-state index contributed by atoms with van der Waals surface area (Å²) in [4.78, 5) is 17.0. The van der Waals surface area contributed by atoms with E-state index in [0.717, 1.165) is 11.3 Å². The first-order valence-corrected chi connectivity index (χ1v) is 7.96. The molecule has 0 saturated carbocycles. The SMILES string of the molecule is CCOc1ccc(C(C)NC(=O)c2scnc2C)cc1OC. The molecule has 0 spiro atoms. The zero-order valence-corrected chi connectivity index (χ0v) is 14.0. The Balaban J connectivity index is 2.14. The first-order chi connectivity index (χ1) is 10.6. The lowest BCUT2D eigenvalue weighted by Crippen LogP contribution is -2.26. The molecule has 22 heavy (non-hydrogen) atoms. The van der Waals surface area contributed by atoms with Gasteiger partial charge in [0, 0.05) is 0 Å². The van der Waals surface area contributed by atoms with Crippen LogP contribution in [0.4, 0.5) is 0 Å². The number of carbonyl (C=O) groups is 1. The summed E-state index contributed by atoms with van der Waals surface area (Å²) >= 11 is 1.34. The van der Waals surface area contributed by atoms with Crippen molar-refractivity contribution in [3.05, 3.63) is 39.8 Å². The molecule has 0 fully saturated rings. The van der Waals surface area contributed by atoms with Gasteiger partial charge in [-0.05, 0) is 38.5 Å². The number of ether oxygens (including phenoxy) is 2. The van der Waals surface area contributed by atoms with Gasteiger partial charge in [0.1, 0.15) is 4.88 Å². The second-order valence-electron chi connectivity index (χ2n) is 4.81. The molecule has 2 aromatic rings. The van der Waals surface area contributed by atoms with Gasteiger partial charge in [-0.2, -0.15) is 0 Å². The molecule has 1 heterocycles. The van der Waals surface area contributed by atoms with E-state index in [2.05, 4.69) is 10.3 Å². The molecule has 1 aromatic carbocycles. The summed E-state index contributed by atoms with van der Waals surface area (Å²) in [5.41, 5.74) is 3.38. The van der Waals surface area contributed by atoms with E-state index in [4.69, 9.17) is 9.47 Å². The molecule has 1 N–H and O–H groups in total. The van der Waals surface area contributed by atoms with Gasteiger partial charge in [-0.25, -0.2) is 4.98 Å². The third-order valence-corrected chi connectivity index (χ3v) is 4.21. The summed E-state index contributed by atoms with van der Waals surface area (Å²) in [6.45, 7) is 6.26. The number of benzene rings is 1. The van der Waals surface area contributed by atoms with Gasteiger partial charge in [0.15, 0.2) is 11.5 Å². The van der Waals surface area contributed by atoms with Gasteiger partial charge in [-0.15, -0.1) is 11.3 Å². The fourth-order valence-electron chi connectivity index (χ4n) is 2.09. The van der Waals surface area contributed by atoms with Crippen molar-refractivity contribution in [3.63, 3.8) is 0 Å². The summed E-state index contributed by atoms with van der Waals surface area (Å²) in [7, 11) is 1.60. The lowest BCUT2D eigenvalue weighted by Gasteiger charge is -2.16. The maximum Gasteiger partial charge on any atom is 0.263 e. The van der Waals surface area contributed by atoms with Crippen molar-refractivity contribution < 1.29 is 14.3 Å². The van der Waals surface area contributed by atoms with Crippen molar-refractivity contribution >= 4 is 17.2 Å². The standard InChI is InChI=1S/C16H20N2O3S/c1-5-21-13-7-6-12(8-14(13)20-4)10(2)18-16(19)15-11(3)17-9-22-15/h6-10H,5H2,1-4H3,(H,18,19). The summed E-state index contributed by atoms with van der Waals surface area (Å²) in [5, 5.41) is 2.98. The molecule has 0 saturated heterocycles. The van der Waals surface area contributed by atoms with Crippen molar-refractivity contribution in [2.75, 3.05) is 13.7 Å². The molecule has 0 aliphatic heterocycles. The summed E-state index contributed by atoms with van der Waals surface area (Å²) in [6, 6.07) is 5.53. The third-order valence-electron chi connectivity index (χ3n) is 3.29. The van der Waals surface area contributed by atoms with Crippen LogP contribution in [0.2, 0.25) is 0 Å². The van der Waals surface area contributed by atoms with Gasteiger partial charge in [-0.3, -0.25) is 4.79 Å². The third kappa shape index (κ3) is 3.57. The normalized spacial score (nSPS) is 11.8. The molecule has 1 atom stereocenters. The highest BCUT2D eigenvalue weighted by Gasteiger charge is 2.16. The minimum absolute atomic E-state index is 0.111. The number of hydrogen-bond donors (Lipinski definition) is 1. The van der Waals surface area contributed by atoms with E-state index in [9.17, 15) is 4.79 Å². The molecule has 0 aliphatic carbocycles. The molecule has 0 bridgehead atoms. The molecule has 1 amide bonds. The Hall–Kier alpha value is -2.08. The fraction of sp³-hybridized carbons (Fsp3) is 0.375. The first-order valence-electron chi connectivity index (χ1n) is 7.08. The first kappa shape index (κ1) is 16.3. The predicted molar refractivity (Wildman–Crippen MR) is 86.9 cm³/mol. The molecule has 0 aliphatic rings. The van der Waals surface area contributed by atoms with E-state index in [1.165, 1.54) is 11.3 Å². The number of nitrogens with one attached hydrogen (secondary N) is 1. The van der Waals surface area contributed by atoms with E-state index < -0.39 is 0 Å². The number of hydrogen-bond acceptors (Lipinski definition) is 5. The van der Waals surface area contributed by atoms with Gasteiger partial charge in [0.25, 0.3) is 5.91 Å². The van der Waals surface area contributed by atoms with E-state index >= 15 is 0 Å². The molecule has 1 aromatic heterocycles. The fourth-order valence-corrected chi connectivity index (χ4v) is 2.80. The molecular weight excluding hydrogens is 300 g/mol. The molecule has 118 valence electrons. The summed E-state index contributed by atoms with van der Waals surface area (Å²) < 4.78 is 10.8. The van der Waals surface area contributed by atoms with Gasteiger partial charge < -0.3 is 14.8 Å². The van der Waals surface area contributed by atoms with Crippen LogP contribution < -0.4 is 14.8 Å². The van der Waals surface area contributed by atoms with Crippen LogP contribution in [0, 0.1) is 6.92 Å². The maximum atomic E-state index is 12.2. The lowest BCUT2D eigenvalue weighted by atomic mass is 10.1. The van der Waals surface area contributed by atoms with Gasteiger partial charge >= 0.3 is 0 Å². The van der Waals surface area contributed by atoms with Crippen LogP contribution in [0.15, 0.2) is 23.7 Å². The Morgan fingerprint density at radius 1 is 1.41 bits per heavy atom. The largest absolute Gasteiger partial charge is 0.493 e. The van der Waals surface area contributed by atoms with Crippen molar-refractivity contribution in [1.29, 1.82) is 0 Å². The maximum absolute atomic E-state index is 12.2. The molecule has 5 nitrogen and oxygen atoms in total. The average molecular weight is 320 g/mol. The topological polar surface area (TPSA) is 60.5 Å². The molecular formula is C16H20N2O3S. The summed E-state index contributed by atoms with van der Waals surface area (Å²) in [5.74, 6) is 1.25. The Labute approximate surface area is 134 Å². The lowest BCUT2D eigenvalue weighted by molar-refractivity contribution is 0.0943. The molecule has 1 unspecified atom stereocenters. The monoisotopic (exact) mass is 320 g/mol. The number of thiazole rings is 1. The Morgan fingerprint density at radius 2 is 2.18 bits per heavy atom. The highest BCUT2D eigenvalue weighted by molar-refractivity contribution is 7.11. The van der Waals surface area contributed by atoms with Crippen LogP contribution in [-0.2, 0) is 0 Å². The van der Waals surface area contributed by atoms with Crippen molar-refractivity contribution in [1.82, 2.24) is 10.3 Å². The van der Waals surface area contributed by atoms with Crippen molar-refractivity contribution in [2.24, 2.45) is 0 Å². The van der Waals surface area contributed by atoms with Crippen LogP contribution in [0.1, 0.15) is 40.8 Å². The second-order valence-corrected chi connectivity index (χ2v) is 5.66. The van der Waals surface area contributed by atoms with E-state index in [0.29, 0.717) is 23.0 Å². The van der Waals surface area contributed by atoms with Crippen molar-refractivity contribution in [2.45, 2.75) is 26.8 Å². The molecule has 2 rings (SSSR count). The molecule has 6 heteroatoms. The molecule has 0 radical (unpaired) electrons. The second kappa shape index (κ2) is 7.26.